The molecule has 0 radical (unpaired) electrons. The number of aryl methyl sites for hydroxylation is 1. The predicted molar refractivity (Wildman–Crippen MR) is 113 cm³/mol. The van der Waals surface area contributed by atoms with Crippen molar-refractivity contribution in [2.24, 2.45) is 0 Å². The van der Waals surface area contributed by atoms with Crippen LogP contribution in [0.2, 0.25) is 5.02 Å². The van der Waals surface area contributed by atoms with Crippen molar-refractivity contribution in [3.63, 3.8) is 0 Å². The summed E-state index contributed by atoms with van der Waals surface area (Å²) in [5.74, 6) is 0.678. The third-order valence-corrected chi connectivity index (χ3v) is 5.54. The number of halogens is 1. The summed E-state index contributed by atoms with van der Waals surface area (Å²) in [5, 5.41) is 1.99. The molecule has 0 N–H and O–H groups in total. The fourth-order valence-electron chi connectivity index (χ4n) is 2.91. The van der Waals surface area contributed by atoms with Crippen molar-refractivity contribution in [2.45, 2.75) is 17.8 Å². The van der Waals surface area contributed by atoms with E-state index in [1.54, 1.807) is 4.57 Å². The normalized spacial score (nSPS) is 11.0. The lowest BCUT2D eigenvalue weighted by molar-refractivity contribution is 0.819. The minimum atomic E-state index is -0.0574. The molecule has 0 saturated carbocycles. The lowest BCUT2D eigenvalue weighted by Gasteiger charge is -2.13. The highest BCUT2D eigenvalue weighted by atomic mass is 35.5. The van der Waals surface area contributed by atoms with Gasteiger partial charge in [-0.2, -0.15) is 0 Å². The van der Waals surface area contributed by atoms with Crippen LogP contribution in [0, 0.1) is 6.92 Å². The van der Waals surface area contributed by atoms with Crippen molar-refractivity contribution in [3.8, 4) is 5.69 Å². The SMILES string of the molecule is Cc1ccc(-n2c(SCc3cccc(Cl)c3)nc3ccccc3c2=O)cc1. The first-order valence-electron chi connectivity index (χ1n) is 8.58. The predicted octanol–water partition coefficient (Wildman–Crippen LogP) is 5.64. The summed E-state index contributed by atoms with van der Waals surface area (Å²) in [6.07, 6.45) is 0. The zero-order valence-corrected chi connectivity index (χ0v) is 16.3. The molecule has 0 amide bonds. The summed E-state index contributed by atoms with van der Waals surface area (Å²) in [7, 11) is 0. The highest BCUT2D eigenvalue weighted by molar-refractivity contribution is 7.98. The van der Waals surface area contributed by atoms with Crippen LogP contribution >= 0.6 is 23.4 Å². The van der Waals surface area contributed by atoms with Gasteiger partial charge in [-0.25, -0.2) is 4.98 Å². The first-order valence-corrected chi connectivity index (χ1v) is 9.94. The molecule has 0 fully saturated rings. The highest BCUT2D eigenvalue weighted by Crippen LogP contribution is 2.25. The van der Waals surface area contributed by atoms with Crippen molar-refractivity contribution in [3.05, 3.63) is 99.3 Å². The number of para-hydroxylation sites is 1. The van der Waals surface area contributed by atoms with E-state index < -0.39 is 0 Å². The molecule has 0 bridgehead atoms. The average Bonchev–Trinajstić information content (AvgIpc) is 2.68. The molecule has 0 spiro atoms. The Morgan fingerprint density at radius 1 is 1.00 bits per heavy atom. The minimum Gasteiger partial charge on any atom is -0.268 e. The van der Waals surface area contributed by atoms with Crippen molar-refractivity contribution in [1.29, 1.82) is 0 Å². The van der Waals surface area contributed by atoms with E-state index in [2.05, 4.69) is 0 Å². The zero-order chi connectivity index (χ0) is 18.8. The van der Waals surface area contributed by atoms with Crippen molar-refractivity contribution < 1.29 is 0 Å². The molecular formula is C22H17ClN2OS. The van der Waals surface area contributed by atoms with Crippen LogP contribution in [0.15, 0.2) is 82.7 Å². The highest BCUT2D eigenvalue weighted by Gasteiger charge is 2.13. The van der Waals surface area contributed by atoms with Crippen LogP contribution in [0.25, 0.3) is 16.6 Å². The second-order valence-corrected chi connectivity index (χ2v) is 7.69. The zero-order valence-electron chi connectivity index (χ0n) is 14.7. The van der Waals surface area contributed by atoms with Crippen LogP contribution in [0.1, 0.15) is 11.1 Å². The van der Waals surface area contributed by atoms with Gasteiger partial charge < -0.3 is 0 Å². The number of rotatable bonds is 4. The largest absolute Gasteiger partial charge is 0.268 e. The lowest BCUT2D eigenvalue weighted by atomic mass is 10.2. The molecule has 4 aromatic rings. The second-order valence-electron chi connectivity index (χ2n) is 6.31. The summed E-state index contributed by atoms with van der Waals surface area (Å²) >= 11 is 7.62. The van der Waals surface area contributed by atoms with Crippen LogP contribution in [0.4, 0.5) is 0 Å². The van der Waals surface area contributed by atoms with E-state index in [0.717, 1.165) is 16.8 Å². The van der Waals surface area contributed by atoms with Crippen LogP contribution in [0.5, 0.6) is 0 Å². The quantitative estimate of drug-likeness (QED) is 0.333. The van der Waals surface area contributed by atoms with Gasteiger partial charge in [0.25, 0.3) is 5.56 Å². The Morgan fingerprint density at radius 2 is 1.78 bits per heavy atom. The van der Waals surface area contributed by atoms with E-state index in [-0.39, 0.29) is 5.56 Å². The molecule has 0 aliphatic carbocycles. The summed E-state index contributed by atoms with van der Waals surface area (Å²) in [4.78, 5) is 18.0. The second kappa shape index (κ2) is 7.59. The Morgan fingerprint density at radius 3 is 2.56 bits per heavy atom. The van der Waals surface area contributed by atoms with Crippen LogP contribution in [0.3, 0.4) is 0 Å². The Bertz CT molecular complexity index is 1170. The number of aromatic nitrogens is 2. The molecule has 0 atom stereocenters. The molecule has 3 nitrogen and oxygen atoms in total. The number of thioether (sulfide) groups is 1. The molecule has 0 aliphatic rings. The smallest absolute Gasteiger partial charge is 0.266 e. The first kappa shape index (κ1) is 17.8. The topological polar surface area (TPSA) is 34.9 Å². The van der Waals surface area contributed by atoms with Gasteiger partial charge in [-0.1, -0.05) is 65.3 Å². The van der Waals surface area contributed by atoms with Gasteiger partial charge in [0, 0.05) is 10.8 Å². The van der Waals surface area contributed by atoms with Gasteiger partial charge in [-0.05, 0) is 48.9 Å². The molecule has 3 aromatic carbocycles. The van der Waals surface area contributed by atoms with E-state index >= 15 is 0 Å². The fourth-order valence-corrected chi connectivity index (χ4v) is 4.07. The van der Waals surface area contributed by atoms with E-state index in [9.17, 15) is 4.79 Å². The van der Waals surface area contributed by atoms with E-state index in [1.165, 1.54) is 11.8 Å². The lowest BCUT2D eigenvalue weighted by Crippen LogP contribution is -2.21. The van der Waals surface area contributed by atoms with Gasteiger partial charge in [0.2, 0.25) is 0 Å². The maximum atomic E-state index is 13.2. The maximum absolute atomic E-state index is 13.2. The van der Waals surface area contributed by atoms with Crippen LogP contribution < -0.4 is 5.56 Å². The molecule has 134 valence electrons. The van der Waals surface area contributed by atoms with E-state index in [0.29, 0.717) is 26.8 Å². The maximum Gasteiger partial charge on any atom is 0.266 e. The van der Waals surface area contributed by atoms with Gasteiger partial charge in [0.15, 0.2) is 5.16 Å². The standard InChI is InChI=1S/C22H17ClN2OS/c1-15-9-11-18(12-10-15)25-21(26)19-7-2-3-8-20(19)24-22(25)27-14-16-5-4-6-17(23)13-16/h2-13H,14H2,1H3. The summed E-state index contributed by atoms with van der Waals surface area (Å²) in [6, 6.07) is 23.1. The minimum absolute atomic E-state index is 0.0574. The molecule has 0 aliphatic heterocycles. The Kier molecular flexibility index (Phi) is 5.01. The molecule has 1 aromatic heterocycles. The Balaban J connectivity index is 1.83. The van der Waals surface area contributed by atoms with Crippen LogP contribution in [-0.4, -0.2) is 9.55 Å². The van der Waals surface area contributed by atoms with Crippen molar-refractivity contribution >= 4 is 34.3 Å². The summed E-state index contributed by atoms with van der Waals surface area (Å²) in [6.45, 7) is 2.03. The summed E-state index contributed by atoms with van der Waals surface area (Å²) < 4.78 is 1.69. The molecular weight excluding hydrogens is 376 g/mol. The number of benzene rings is 3. The van der Waals surface area contributed by atoms with Gasteiger partial charge in [0.05, 0.1) is 16.6 Å². The first-order chi connectivity index (χ1) is 13.1. The molecule has 5 heteroatoms. The molecule has 0 saturated heterocycles. The van der Waals surface area contributed by atoms with Gasteiger partial charge in [-0.3, -0.25) is 9.36 Å². The van der Waals surface area contributed by atoms with Gasteiger partial charge in [-0.15, -0.1) is 0 Å². The Hall–Kier alpha value is -2.56. The third-order valence-electron chi connectivity index (χ3n) is 4.29. The number of nitrogens with zero attached hydrogens (tertiary/aromatic N) is 2. The van der Waals surface area contributed by atoms with Gasteiger partial charge in [0.1, 0.15) is 0 Å². The number of fused-ring (bicyclic) bond motifs is 1. The molecule has 4 rings (SSSR count). The van der Waals surface area contributed by atoms with E-state index in [1.807, 2.05) is 79.7 Å². The Labute approximate surface area is 166 Å². The number of hydrogen-bond donors (Lipinski definition) is 0. The average molecular weight is 393 g/mol. The molecule has 0 unspecified atom stereocenters. The monoisotopic (exact) mass is 392 g/mol. The van der Waals surface area contributed by atoms with Crippen LogP contribution in [-0.2, 0) is 5.75 Å². The van der Waals surface area contributed by atoms with E-state index in [4.69, 9.17) is 16.6 Å². The molecule has 27 heavy (non-hydrogen) atoms. The summed E-state index contributed by atoms with van der Waals surface area (Å²) in [5.41, 5.74) is 3.70. The molecule has 1 heterocycles. The van der Waals surface area contributed by atoms with Crippen molar-refractivity contribution in [1.82, 2.24) is 9.55 Å². The number of hydrogen-bond acceptors (Lipinski definition) is 3. The fraction of sp³-hybridized carbons (Fsp3) is 0.0909. The van der Waals surface area contributed by atoms with Crippen molar-refractivity contribution in [2.75, 3.05) is 0 Å². The van der Waals surface area contributed by atoms with Gasteiger partial charge >= 0.3 is 0 Å². The third kappa shape index (κ3) is 3.77.